The van der Waals surface area contributed by atoms with Crippen molar-refractivity contribution in [2.24, 2.45) is 5.73 Å². The zero-order valence-corrected chi connectivity index (χ0v) is 10.5. The second-order valence-electron chi connectivity index (χ2n) is 4.50. The van der Waals surface area contributed by atoms with E-state index in [4.69, 9.17) is 5.73 Å². The number of hydrogen-bond acceptors (Lipinski definition) is 5. The summed E-state index contributed by atoms with van der Waals surface area (Å²) in [5.41, 5.74) is 6.54. The number of hydrogen-bond donors (Lipinski definition) is 1. The Morgan fingerprint density at radius 3 is 2.71 bits per heavy atom. The normalized spacial score (nSPS) is 16.4. The predicted octanol–water partition coefficient (Wildman–Crippen LogP) is 0.467. The van der Waals surface area contributed by atoms with E-state index in [-0.39, 0.29) is 0 Å². The third-order valence-corrected chi connectivity index (χ3v) is 3.26. The number of nitrogens with zero attached hydrogens (tertiary/aromatic N) is 4. The van der Waals surface area contributed by atoms with Gasteiger partial charge in [0.2, 0.25) is 0 Å². The van der Waals surface area contributed by atoms with Gasteiger partial charge >= 0.3 is 0 Å². The average Bonchev–Trinajstić information content (AvgIpc) is 2.89. The van der Waals surface area contributed by atoms with Gasteiger partial charge in [-0.2, -0.15) is 0 Å². The standard InChI is InChI=1S/C12H21N5/c1-16(8-9-17-6-2-3-7-17)12-11(10-13)14-4-5-15-12/h4-5H,2-3,6-10,13H2,1H3. The maximum Gasteiger partial charge on any atom is 0.151 e. The summed E-state index contributed by atoms with van der Waals surface area (Å²) >= 11 is 0. The number of likely N-dealkylation sites (tertiary alicyclic amines) is 1. The molecule has 0 radical (unpaired) electrons. The molecular weight excluding hydrogens is 214 g/mol. The Hall–Kier alpha value is -1.20. The first-order valence-electron chi connectivity index (χ1n) is 6.24. The molecule has 2 heterocycles. The molecule has 0 aliphatic carbocycles. The van der Waals surface area contributed by atoms with Crippen LogP contribution < -0.4 is 10.6 Å². The van der Waals surface area contributed by atoms with E-state index < -0.39 is 0 Å². The number of aromatic nitrogens is 2. The molecule has 0 bridgehead atoms. The molecule has 94 valence electrons. The van der Waals surface area contributed by atoms with E-state index in [2.05, 4.69) is 26.8 Å². The van der Waals surface area contributed by atoms with Gasteiger partial charge in [0.25, 0.3) is 0 Å². The summed E-state index contributed by atoms with van der Waals surface area (Å²) in [6.45, 7) is 4.98. The molecule has 1 aromatic rings. The molecule has 5 heteroatoms. The van der Waals surface area contributed by atoms with Gasteiger partial charge in [-0.1, -0.05) is 0 Å². The van der Waals surface area contributed by atoms with E-state index in [1.54, 1.807) is 12.4 Å². The van der Waals surface area contributed by atoms with Crippen molar-refractivity contribution in [3.8, 4) is 0 Å². The first-order chi connectivity index (χ1) is 8.31. The summed E-state index contributed by atoms with van der Waals surface area (Å²) < 4.78 is 0. The Bertz CT molecular complexity index is 349. The molecule has 1 aliphatic heterocycles. The Balaban J connectivity index is 1.91. The third kappa shape index (κ3) is 3.14. The van der Waals surface area contributed by atoms with Crippen LogP contribution in [0, 0.1) is 0 Å². The highest BCUT2D eigenvalue weighted by Crippen LogP contribution is 2.13. The number of likely N-dealkylation sites (N-methyl/N-ethyl adjacent to an activating group) is 1. The maximum absolute atomic E-state index is 5.67. The summed E-state index contributed by atoms with van der Waals surface area (Å²) in [7, 11) is 2.05. The van der Waals surface area contributed by atoms with Crippen LogP contribution in [0.15, 0.2) is 12.4 Å². The summed E-state index contributed by atoms with van der Waals surface area (Å²) in [5, 5.41) is 0. The highest BCUT2D eigenvalue weighted by Gasteiger charge is 2.13. The van der Waals surface area contributed by atoms with Crippen LogP contribution in [0.5, 0.6) is 0 Å². The molecule has 0 unspecified atom stereocenters. The average molecular weight is 235 g/mol. The van der Waals surface area contributed by atoms with Crippen LogP contribution in [-0.4, -0.2) is 48.1 Å². The molecule has 0 amide bonds. The smallest absolute Gasteiger partial charge is 0.151 e. The SMILES string of the molecule is CN(CCN1CCCC1)c1nccnc1CN. The predicted molar refractivity (Wildman–Crippen MR) is 68.9 cm³/mol. The lowest BCUT2D eigenvalue weighted by Crippen LogP contribution is -2.32. The van der Waals surface area contributed by atoms with Crippen LogP contribution in [-0.2, 0) is 6.54 Å². The zero-order chi connectivity index (χ0) is 12.1. The second kappa shape index (κ2) is 5.93. The summed E-state index contributed by atoms with van der Waals surface area (Å²) in [5.74, 6) is 0.911. The molecule has 1 aliphatic rings. The minimum absolute atomic E-state index is 0.442. The molecule has 2 N–H and O–H groups in total. The maximum atomic E-state index is 5.67. The highest BCUT2D eigenvalue weighted by molar-refractivity contribution is 5.41. The number of anilines is 1. The van der Waals surface area contributed by atoms with E-state index >= 15 is 0 Å². The summed E-state index contributed by atoms with van der Waals surface area (Å²) in [6, 6.07) is 0. The fraction of sp³-hybridized carbons (Fsp3) is 0.667. The molecule has 1 aromatic heterocycles. The fourth-order valence-corrected chi connectivity index (χ4v) is 2.23. The molecule has 1 fully saturated rings. The van der Waals surface area contributed by atoms with Gasteiger partial charge in [-0.15, -0.1) is 0 Å². The molecule has 1 saturated heterocycles. The number of nitrogens with two attached hydrogens (primary N) is 1. The van der Waals surface area contributed by atoms with Crippen molar-refractivity contribution in [2.75, 3.05) is 38.1 Å². The van der Waals surface area contributed by atoms with Crippen molar-refractivity contribution in [1.82, 2.24) is 14.9 Å². The fourth-order valence-electron chi connectivity index (χ4n) is 2.23. The van der Waals surface area contributed by atoms with Crippen LogP contribution in [0.3, 0.4) is 0 Å². The molecule has 0 atom stereocenters. The van der Waals surface area contributed by atoms with Crippen LogP contribution in [0.1, 0.15) is 18.5 Å². The van der Waals surface area contributed by atoms with Gasteiger partial charge < -0.3 is 15.5 Å². The van der Waals surface area contributed by atoms with Crippen molar-refractivity contribution in [2.45, 2.75) is 19.4 Å². The molecule has 0 saturated carbocycles. The lowest BCUT2D eigenvalue weighted by atomic mass is 10.3. The summed E-state index contributed by atoms with van der Waals surface area (Å²) in [4.78, 5) is 13.3. The van der Waals surface area contributed by atoms with Crippen molar-refractivity contribution in [3.63, 3.8) is 0 Å². The van der Waals surface area contributed by atoms with Gasteiger partial charge in [0, 0.05) is 39.1 Å². The Labute approximate surface area is 103 Å². The van der Waals surface area contributed by atoms with Crippen molar-refractivity contribution in [3.05, 3.63) is 18.1 Å². The first-order valence-corrected chi connectivity index (χ1v) is 6.24. The monoisotopic (exact) mass is 235 g/mol. The van der Waals surface area contributed by atoms with E-state index in [0.29, 0.717) is 6.54 Å². The minimum atomic E-state index is 0.442. The zero-order valence-electron chi connectivity index (χ0n) is 10.5. The van der Waals surface area contributed by atoms with Crippen molar-refractivity contribution < 1.29 is 0 Å². The molecular formula is C12H21N5. The van der Waals surface area contributed by atoms with Crippen LogP contribution in [0.2, 0.25) is 0 Å². The highest BCUT2D eigenvalue weighted by atomic mass is 15.2. The molecule has 0 spiro atoms. The minimum Gasteiger partial charge on any atom is -0.357 e. The van der Waals surface area contributed by atoms with Crippen molar-refractivity contribution in [1.29, 1.82) is 0 Å². The van der Waals surface area contributed by atoms with Crippen LogP contribution in [0.4, 0.5) is 5.82 Å². The Morgan fingerprint density at radius 1 is 1.29 bits per heavy atom. The van der Waals surface area contributed by atoms with Gasteiger partial charge in [0.15, 0.2) is 5.82 Å². The van der Waals surface area contributed by atoms with Gasteiger partial charge in [-0.3, -0.25) is 4.98 Å². The van der Waals surface area contributed by atoms with Crippen LogP contribution in [0.25, 0.3) is 0 Å². The molecule has 17 heavy (non-hydrogen) atoms. The Morgan fingerprint density at radius 2 is 2.00 bits per heavy atom. The number of rotatable bonds is 5. The Kier molecular flexibility index (Phi) is 4.28. The topological polar surface area (TPSA) is 58.3 Å². The van der Waals surface area contributed by atoms with Gasteiger partial charge in [0.1, 0.15) is 0 Å². The lowest BCUT2D eigenvalue weighted by Gasteiger charge is -2.23. The van der Waals surface area contributed by atoms with Gasteiger partial charge in [-0.25, -0.2) is 4.98 Å². The third-order valence-electron chi connectivity index (χ3n) is 3.26. The lowest BCUT2D eigenvalue weighted by molar-refractivity contribution is 0.346. The molecule has 0 aromatic carbocycles. The van der Waals surface area contributed by atoms with Crippen molar-refractivity contribution >= 4 is 5.82 Å². The molecule has 5 nitrogen and oxygen atoms in total. The quantitative estimate of drug-likeness (QED) is 0.804. The largest absolute Gasteiger partial charge is 0.357 e. The van der Waals surface area contributed by atoms with E-state index in [1.807, 2.05) is 0 Å². The summed E-state index contributed by atoms with van der Waals surface area (Å²) in [6.07, 6.45) is 6.09. The van der Waals surface area contributed by atoms with E-state index in [1.165, 1.54) is 25.9 Å². The van der Waals surface area contributed by atoms with Gasteiger partial charge in [0.05, 0.1) is 5.69 Å². The molecule has 2 rings (SSSR count). The second-order valence-corrected chi connectivity index (χ2v) is 4.50. The first kappa shape index (κ1) is 12.3. The van der Waals surface area contributed by atoms with E-state index in [0.717, 1.165) is 24.6 Å². The van der Waals surface area contributed by atoms with Crippen LogP contribution >= 0.6 is 0 Å². The van der Waals surface area contributed by atoms with E-state index in [9.17, 15) is 0 Å². The van der Waals surface area contributed by atoms with Gasteiger partial charge in [-0.05, 0) is 25.9 Å².